The van der Waals surface area contributed by atoms with Gasteiger partial charge in [0.2, 0.25) is 0 Å². The lowest BCUT2D eigenvalue weighted by Gasteiger charge is -2.52. The number of hydrogen-bond acceptors (Lipinski definition) is 6. The number of aryl methyl sites for hydroxylation is 1. The molecular formula is C31H41FN4O3S. The second-order valence-corrected chi connectivity index (χ2v) is 14.1. The maximum Gasteiger partial charge on any atom is 0.175 e. The number of halogens is 1. The number of ether oxygens (including phenoxy) is 1. The Bertz CT molecular complexity index is 1480. The topological polar surface area (TPSA) is 67.7 Å². The van der Waals surface area contributed by atoms with E-state index in [1.54, 1.807) is 24.3 Å². The van der Waals surface area contributed by atoms with E-state index in [1.165, 1.54) is 25.5 Å². The van der Waals surface area contributed by atoms with Gasteiger partial charge in [0, 0.05) is 37.0 Å². The number of benzene rings is 2. The minimum atomic E-state index is -3.28. The van der Waals surface area contributed by atoms with Crippen LogP contribution in [0.2, 0.25) is 0 Å². The summed E-state index contributed by atoms with van der Waals surface area (Å²) < 4.78 is 47.0. The van der Waals surface area contributed by atoms with E-state index in [0.29, 0.717) is 35.5 Å². The molecule has 3 atom stereocenters. The first-order chi connectivity index (χ1) is 19.2. The van der Waals surface area contributed by atoms with Crippen LogP contribution in [-0.2, 0) is 21.6 Å². The number of fused-ring (bicyclic) bond motifs is 1. The molecule has 6 rings (SSSR count). The zero-order valence-corrected chi connectivity index (χ0v) is 24.8. The normalized spacial score (nSPS) is 25.9. The van der Waals surface area contributed by atoms with Gasteiger partial charge in [-0.05, 0) is 93.9 Å². The molecule has 3 fully saturated rings. The second kappa shape index (κ2) is 10.8. The van der Waals surface area contributed by atoms with Crippen molar-refractivity contribution < 1.29 is 17.5 Å². The van der Waals surface area contributed by atoms with Crippen molar-refractivity contribution in [2.24, 2.45) is 7.05 Å². The molecule has 4 heterocycles. The number of aromatic nitrogens is 2. The van der Waals surface area contributed by atoms with E-state index in [-0.39, 0.29) is 16.6 Å². The number of hydrogen-bond donors (Lipinski definition) is 0. The Morgan fingerprint density at radius 1 is 1.02 bits per heavy atom. The molecule has 0 bridgehead atoms. The van der Waals surface area contributed by atoms with Gasteiger partial charge in [0.25, 0.3) is 0 Å². The highest BCUT2D eigenvalue weighted by molar-refractivity contribution is 7.90. The van der Waals surface area contributed by atoms with E-state index in [4.69, 9.17) is 9.72 Å². The molecule has 1 aromatic heterocycles. The molecule has 216 valence electrons. The molecule has 3 unspecified atom stereocenters. The third-order valence-electron chi connectivity index (χ3n) is 9.65. The Labute approximate surface area is 237 Å². The lowest BCUT2D eigenvalue weighted by molar-refractivity contribution is -0.115. The van der Waals surface area contributed by atoms with E-state index >= 15 is 4.39 Å². The van der Waals surface area contributed by atoms with Crippen LogP contribution < -0.4 is 0 Å². The predicted octanol–water partition coefficient (Wildman–Crippen LogP) is 4.99. The number of rotatable bonds is 6. The van der Waals surface area contributed by atoms with Crippen molar-refractivity contribution in [2.75, 3.05) is 32.6 Å². The maximum absolute atomic E-state index is 16.0. The Balaban J connectivity index is 1.16. The number of piperidine rings is 2. The summed E-state index contributed by atoms with van der Waals surface area (Å²) in [5.74, 6) is 0.591. The first kappa shape index (κ1) is 27.8. The molecule has 0 saturated carbocycles. The molecule has 0 radical (unpaired) electrons. The van der Waals surface area contributed by atoms with Crippen molar-refractivity contribution in [2.45, 2.75) is 80.9 Å². The summed E-state index contributed by atoms with van der Waals surface area (Å²) in [7, 11) is -1.41. The lowest BCUT2D eigenvalue weighted by atomic mass is 9.84. The molecule has 3 saturated heterocycles. The fourth-order valence-corrected chi connectivity index (χ4v) is 8.01. The van der Waals surface area contributed by atoms with E-state index in [2.05, 4.69) is 23.6 Å². The largest absolute Gasteiger partial charge is 0.378 e. The Morgan fingerprint density at radius 3 is 2.33 bits per heavy atom. The van der Waals surface area contributed by atoms with Gasteiger partial charge in [0.1, 0.15) is 11.3 Å². The van der Waals surface area contributed by atoms with Crippen molar-refractivity contribution in [1.29, 1.82) is 0 Å². The van der Waals surface area contributed by atoms with Crippen molar-refractivity contribution in [3.63, 3.8) is 0 Å². The summed E-state index contributed by atoms with van der Waals surface area (Å²) in [6, 6.07) is 12.9. The molecule has 3 aliphatic heterocycles. The van der Waals surface area contributed by atoms with Crippen LogP contribution in [0.15, 0.2) is 41.3 Å². The number of nitrogens with zero attached hydrogens (tertiary/aromatic N) is 4. The minimum Gasteiger partial charge on any atom is -0.378 e. The van der Waals surface area contributed by atoms with E-state index in [0.717, 1.165) is 55.8 Å². The fourth-order valence-electron chi connectivity index (χ4n) is 7.38. The molecule has 40 heavy (non-hydrogen) atoms. The van der Waals surface area contributed by atoms with Gasteiger partial charge in [-0.15, -0.1) is 0 Å². The van der Waals surface area contributed by atoms with Crippen LogP contribution in [0.4, 0.5) is 4.39 Å². The first-order valence-electron chi connectivity index (χ1n) is 14.7. The number of sulfone groups is 1. The molecular weight excluding hydrogens is 527 g/mol. The van der Waals surface area contributed by atoms with Crippen LogP contribution in [0.5, 0.6) is 0 Å². The van der Waals surface area contributed by atoms with Gasteiger partial charge < -0.3 is 14.2 Å². The summed E-state index contributed by atoms with van der Waals surface area (Å²) in [4.78, 5) is 10.3. The van der Waals surface area contributed by atoms with Crippen LogP contribution in [-0.4, -0.2) is 84.5 Å². The molecule has 0 N–H and O–H groups in total. The highest BCUT2D eigenvalue weighted by Crippen LogP contribution is 2.38. The highest BCUT2D eigenvalue weighted by Gasteiger charge is 2.41. The summed E-state index contributed by atoms with van der Waals surface area (Å²) in [6.07, 6.45) is 6.68. The summed E-state index contributed by atoms with van der Waals surface area (Å²) in [5.41, 5.74) is 2.65. The second-order valence-electron chi connectivity index (χ2n) is 12.1. The molecule has 9 heteroatoms. The van der Waals surface area contributed by atoms with E-state index in [1.807, 2.05) is 23.7 Å². The number of imidazole rings is 1. The zero-order chi connectivity index (χ0) is 28.2. The molecule has 0 amide bonds. The predicted molar refractivity (Wildman–Crippen MR) is 156 cm³/mol. The minimum absolute atomic E-state index is 0.187. The molecule has 7 nitrogen and oxygen atoms in total. The van der Waals surface area contributed by atoms with Crippen LogP contribution >= 0.6 is 0 Å². The maximum atomic E-state index is 16.0. The van der Waals surface area contributed by atoms with Gasteiger partial charge in [-0.3, -0.25) is 4.90 Å². The van der Waals surface area contributed by atoms with Crippen molar-refractivity contribution >= 4 is 20.9 Å². The van der Waals surface area contributed by atoms with Crippen LogP contribution in [0.25, 0.3) is 22.4 Å². The summed E-state index contributed by atoms with van der Waals surface area (Å²) >= 11 is 0. The molecule has 3 aromatic rings. The highest BCUT2D eigenvalue weighted by atomic mass is 32.2. The van der Waals surface area contributed by atoms with Gasteiger partial charge in [0.15, 0.2) is 15.7 Å². The average molecular weight is 569 g/mol. The number of likely N-dealkylation sites (tertiary alicyclic amines) is 2. The standard InChI is InChI=1S/C31H41FN4O3S/c1-5-23-17-24(16-20(2)36(23)25-18-39-19-25)35-14-12-21(13-15-35)27-10-11-28-30(29(27)32)33-31(34(28)3)22-6-8-26(9-7-22)40(4,37)38/h6-11,20-21,23-25H,5,12-19H2,1-4H3. The third kappa shape index (κ3) is 4.99. The molecule has 0 spiro atoms. The molecule has 3 aliphatic rings. The van der Waals surface area contributed by atoms with Crippen LogP contribution in [0.1, 0.15) is 57.4 Å². The van der Waals surface area contributed by atoms with Crippen LogP contribution in [0, 0.1) is 5.82 Å². The third-order valence-corrected chi connectivity index (χ3v) is 10.8. The van der Waals surface area contributed by atoms with Crippen molar-refractivity contribution in [3.8, 4) is 11.4 Å². The van der Waals surface area contributed by atoms with Crippen molar-refractivity contribution in [3.05, 3.63) is 47.8 Å². The zero-order valence-electron chi connectivity index (χ0n) is 24.0. The average Bonchev–Trinajstić information content (AvgIpc) is 3.25. The monoisotopic (exact) mass is 568 g/mol. The summed E-state index contributed by atoms with van der Waals surface area (Å²) in [6.45, 7) is 8.45. The van der Waals surface area contributed by atoms with Gasteiger partial charge in [-0.25, -0.2) is 17.8 Å². The van der Waals surface area contributed by atoms with Gasteiger partial charge >= 0.3 is 0 Å². The van der Waals surface area contributed by atoms with E-state index < -0.39 is 9.84 Å². The van der Waals surface area contributed by atoms with Gasteiger partial charge in [-0.2, -0.15) is 0 Å². The lowest BCUT2D eigenvalue weighted by Crippen LogP contribution is -2.62. The molecule has 0 aliphatic carbocycles. The Hall–Kier alpha value is -2.33. The summed E-state index contributed by atoms with van der Waals surface area (Å²) in [5, 5.41) is 0. The van der Waals surface area contributed by atoms with E-state index in [9.17, 15) is 8.42 Å². The quantitative estimate of drug-likeness (QED) is 0.417. The fraction of sp³-hybridized carbons (Fsp3) is 0.581. The Kier molecular flexibility index (Phi) is 7.52. The SMILES string of the molecule is CCC1CC(N2CCC(c3ccc4c(nc(-c5ccc(S(C)(=O)=O)cc5)n4C)c3F)CC2)CC(C)N1C1COC1. The first-order valence-corrected chi connectivity index (χ1v) is 16.6. The molecule has 2 aromatic carbocycles. The van der Waals surface area contributed by atoms with Crippen LogP contribution in [0.3, 0.4) is 0 Å². The smallest absolute Gasteiger partial charge is 0.175 e. The van der Waals surface area contributed by atoms with Crippen molar-refractivity contribution in [1.82, 2.24) is 19.4 Å². The van der Waals surface area contributed by atoms with Gasteiger partial charge in [-0.1, -0.05) is 13.0 Å². The Morgan fingerprint density at radius 2 is 1.73 bits per heavy atom. The van der Waals surface area contributed by atoms with Gasteiger partial charge in [0.05, 0.1) is 29.7 Å².